The van der Waals surface area contributed by atoms with E-state index in [9.17, 15) is 17.6 Å². The summed E-state index contributed by atoms with van der Waals surface area (Å²) >= 11 is 8.85. The smallest absolute Gasteiger partial charge is 0.242 e. The number of anilines is 1. The van der Waals surface area contributed by atoms with E-state index in [1.165, 1.54) is 31.2 Å². The van der Waals surface area contributed by atoms with Gasteiger partial charge in [-0.1, -0.05) is 27.5 Å². The third-order valence-electron chi connectivity index (χ3n) is 3.04. The molecule has 2 aromatic rings. The highest BCUT2D eigenvalue weighted by molar-refractivity contribution is 9.10. The van der Waals surface area contributed by atoms with Crippen LogP contribution in [0.3, 0.4) is 0 Å². The molecule has 0 aromatic heterocycles. The highest BCUT2D eigenvalue weighted by Crippen LogP contribution is 2.20. The molecule has 0 aliphatic heterocycles. The lowest BCUT2D eigenvalue weighted by molar-refractivity contribution is -0.117. The second kappa shape index (κ2) is 7.60. The van der Waals surface area contributed by atoms with Crippen molar-refractivity contribution >= 4 is 49.1 Å². The molecule has 0 spiro atoms. The largest absolute Gasteiger partial charge is 0.325 e. The van der Waals surface area contributed by atoms with Crippen LogP contribution in [-0.4, -0.2) is 20.4 Å². The van der Waals surface area contributed by atoms with Gasteiger partial charge in [-0.05, 0) is 49.4 Å². The van der Waals surface area contributed by atoms with Gasteiger partial charge in [-0.25, -0.2) is 12.8 Å². The van der Waals surface area contributed by atoms with Crippen LogP contribution in [0.25, 0.3) is 0 Å². The maximum absolute atomic E-state index is 13.1. The average molecular weight is 436 g/mol. The average Bonchev–Trinajstić information content (AvgIpc) is 2.51. The van der Waals surface area contributed by atoms with Crippen LogP contribution in [0, 0.1) is 5.82 Å². The van der Waals surface area contributed by atoms with Crippen LogP contribution in [0.5, 0.6) is 0 Å². The van der Waals surface area contributed by atoms with Crippen molar-refractivity contribution in [3.05, 3.63) is 57.8 Å². The Hall–Kier alpha value is -1.48. The van der Waals surface area contributed by atoms with Crippen molar-refractivity contribution in [2.24, 2.45) is 0 Å². The Morgan fingerprint density at radius 1 is 1.21 bits per heavy atom. The van der Waals surface area contributed by atoms with Crippen molar-refractivity contribution in [2.75, 3.05) is 5.32 Å². The third-order valence-corrected chi connectivity index (χ3v) is 5.41. The standard InChI is InChI=1S/C15H13BrClFN2O3S/c1-9(15(21)19-11-4-7-14(18)13(17)8-11)20-24(22,23)12-5-2-10(16)3-6-12/h2-9,20H,1H3,(H,19,21)/t9-/m0/s1. The molecule has 1 atom stereocenters. The first kappa shape index (κ1) is 18.9. The molecule has 0 fully saturated rings. The van der Waals surface area contributed by atoms with E-state index in [-0.39, 0.29) is 15.6 Å². The molecule has 0 heterocycles. The van der Waals surface area contributed by atoms with Crippen LogP contribution in [0.1, 0.15) is 6.92 Å². The molecule has 128 valence electrons. The van der Waals surface area contributed by atoms with E-state index in [0.29, 0.717) is 0 Å². The maximum Gasteiger partial charge on any atom is 0.242 e. The van der Waals surface area contributed by atoms with E-state index in [4.69, 9.17) is 11.6 Å². The molecule has 0 radical (unpaired) electrons. The number of carbonyl (C=O) groups is 1. The molecule has 0 unspecified atom stereocenters. The third kappa shape index (κ3) is 4.76. The molecule has 0 aliphatic carbocycles. The van der Waals surface area contributed by atoms with Gasteiger partial charge in [-0.2, -0.15) is 4.72 Å². The Bertz CT molecular complexity index is 860. The number of hydrogen-bond acceptors (Lipinski definition) is 3. The SMILES string of the molecule is C[C@H](NS(=O)(=O)c1ccc(Br)cc1)C(=O)Nc1ccc(F)c(Cl)c1. The first-order valence-corrected chi connectivity index (χ1v) is 9.38. The summed E-state index contributed by atoms with van der Waals surface area (Å²) in [6.07, 6.45) is 0. The summed E-state index contributed by atoms with van der Waals surface area (Å²) in [4.78, 5) is 12.1. The summed E-state index contributed by atoms with van der Waals surface area (Å²) in [6, 6.07) is 8.63. The molecule has 24 heavy (non-hydrogen) atoms. The molecule has 0 saturated carbocycles. The number of halogens is 3. The van der Waals surface area contributed by atoms with Gasteiger partial charge in [0.05, 0.1) is 16.0 Å². The van der Waals surface area contributed by atoms with Crippen molar-refractivity contribution in [3.63, 3.8) is 0 Å². The van der Waals surface area contributed by atoms with Crippen molar-refractivity contribution in [1.29, 1.82) is 0 Å². The Morgan fingerprint density at radius 2 is 1.83 bits per heavy atom. The van der Waals surface area contributed by atoms with Crippen LogP contribution >= 0.6 is 27.5 Å². The fourth-order valence-corrected chi connectivity index (χ4v) is 3.44. The summed E-state index contributed by atoms with van der Waals surface area (Å²) in [5.41, 5.74) is 0.265. The first-order valence-electron chi connectivity index (χ1n) is 6.73. The molecule has 0 bridgehead atoms. The zero-order valence-corrected chi connectivity index (χ0v) is 15.5. The zero-order valence-electron chi connectivity index (χ0n) is 12.4. The minimum absolute atomic E-state index is 0.0372. The summed E-state index contributed by atoms with van der Waals surface area (Å²) < 4.78 is 40.6. The van der Waals surface area contributed by atoms with Crippen LogP contribution in [0.2, 0.25) is 5.02 Å². The quantitative estimate of drug-likeness (QED) is 0.754. The lowest BCUT2D eigenvalue weighted by Crippen LogP contribution is -2.41. The molecular formula is C15H13BrClFN2O3S. The second-order valence-corrected chi connectivity index (χ2v) is 7.95. The minimum atomic E-state index is -3.85. The molecule has 0 aliphatic rings. The normalized spacial score (nSPS) is 12.7. The number of carbonyl (C=O) groups excluding carboxylic acids is 1. The summed E-state index contributed by atoms with van der Waals surface area (Å²) in [5.74, 6) is -1.21. The molecule has 2 aromatic carbocycles. The van der Waals surface area contributed by atoms with Crippen LogP contribution in [-0.2, 0) is 14.8 Å². The molecule has 9 heteroatoms. The molecule has 2 rings (SSSR count). The van der Waals surface area contributed by atoms with Crippen molar-refractivity contribution in [2.45, 2.75) is 17.9 Å². The van der Waals surface area contributed by atoms with Gasteiger partial charge in [0, 0.05) is 10.2 Å². The van der Waals surface area contributed by atoms with Gasteiger partial charge in [0.25, 0.3) is 0 Å². The van der Waals surface area contributed by atoms with Gasteiger partial charge in [0.15, 0.2) is 0 Å². The number of benzene rings is 2. The summed E-state index contributed by atoms with van der Waals surface area (Å²) in [5, 5.41) is 2.33. The van der Waals surface area contributed by atoms with Crippen molar-refractivity contribution in [1.82, 2.24) is 4.72 Å². The van der Waals surface area contributed by atoms with Gasteiger partial charge < -0.3 is 5.32 Å². The first-order chi connectivity index (χ1) is 11.2. The fraction of sp³-hybridized carbons (Fsp3) is 0.133. The molecule has 5 nitrogen and oxygen atoms in total. The van der Waals surface area contributed by atoms with E-state index in [2.05, 4.69) is 26.0 Å². The van der Waals surface area contributed by atoms with E-state index in [0.717, 1.165) is 10.5 Å². The van der Waals surface area contributed by atoms with Gasteiger partial charge in [0.2, 0.25) is 15.9 Å². The predicted molar refractivity (Wildman–Crippen MR) is 94.0 cm³/mol. The predicted octanol–water partition coefficient (Wildman–Crippen LogP) is 3.55. The Morgan fingerprint density at radius 3 is 2.42 bits per heavy atom. The Labute approximate surface area is 152 Å². The van der Waals surface area contributed by atoms with Crippen LogP contribution in [0.4, 0.5) is 10.1 Å². The lowest BCUT2D eigenvalue weighted by Gasteiger charge is -2.15. The number of rotatable bonds is 5. The topological polar surface area (TPSA) is 75.3 Å². The van der Waals surface area contributed by atoms with Crippen molar-refractivity contribution in [3.8, 4) is 0 Å². The Balaban J connectivity index is 2.07. The Kier molecular flexibility index (Phi) is 5.97. The van der Waals surface area contributed by atoms with E-state index >= 15 is 0 Å². The molecule has 0 saturated heterocycles. The van der Waals surface area contributed by atoms with Crippen LogP contribution < -0.4 is 10.0 Å². The number of amides is 1. The van der Waals surface area contributed by atoms with Gasteiger partial charge >= 0.3 is 0 Å². The van der Waals surface area contributed by atoms with Gasteiger partial charge in [-0.3, -0.25) is 4.79 Å². The minimum Gasteiger partial charge on any atom is -0.325 e. The second-order valence-electron chi connectivity index (χ2n) is 4.92. The van der Waals surface area contributed by atoms with E-state index in [1.54, 1.807) is 12.1 Å². The number of sulfonamides is 1. The number of nitrogens with one attached hydrogen (secondary N) is 2. The molecule has 1 amide bonds. The molecular weight excluding hydrogens is 423 g/mol. The zero-order chi connectivity index (χ0) is 17.9. The monoisotopic (exact) mass is 434 g/mol. The molecule has 2 N–H and O–H groups in total. The highest BCUT2D eigenvalue weighted by Gasteiger charge is 2.22. The summed E-state index contributed by atoms with van der Waals surface area (Å²) in [7, 11) is -3.85. The van der Waals surface area contributed by atoms with E-state index < -0.39 is 27.8 Å². The highest BCUT2D eigenvalue weighted by atomic mass is 79.9. The number of hydrogen-bond donors (Lipinski definition) is 2. The van der Waals surface area contributed by atoms with Gasteiger partial charge in [-0.15, -0.1) is 0 Å². The van der Waals surface area contributed by atoms with Crippen molar-refractivity contribution < 1.29 is 17.6 Å². The fourth-order valence-electron chi connectivity index (χ4n) is 1.79. The summed E-state index contributed by atoms with van der Waals surface area (Å²) in [6.45, 7) is 1.40. The van der Waals surface area contributed by atoms with E-state index in [1.807, 2.05) is 0 Å². The van der Waals surface area contributed by atoms with Gasteiger partial charge in [0.1, 0.15) is 5.82 Å². The van der Waals surface area contributed by atoms with Crippen LogP contribution in [0.15, 0.2) is 51.8 Å². The lowest BCUT2D eigenvalue weighted by atomic mass is 10.3. The maximum atomic E-state index is 13.1.